The number of alkyl carbamates (subject to hydrolysis) is 1. The van der Waals surface area contributed by atoms with Gasteiger partial charge in [0.15, 0.2) is 0 Å². The maximum Gasteiger partial charge on any atom is 0.407 e. The van der Waals surface area contributed by atoms with E-state index < -0.39 is 6.09 Å². The SMILES string of the molecule is Cc1cccc(-c2noc(CCNC(=O)OCc3ccccc3)n2)c1. The van der Waals surface area contributed by atoms with Gasteiger partial charge in [-0.2, -0.15) is 4.98 Å². The van der Waals surface area contributed by atoms with Crippen molar-refractivity contribution in [2.45, 2.75) is 20.0 Å². The maximum absolute atomic E-state index is 11.7. The summed E-state index contributed by atoms with van der Waals surface area (Å²) < 4.78 is 10.4. The first kappa shape index (κ1) is 16.7. The van der Waals surface area contributed by atoms with Crippen molar-refractivity contribution in [3.63, 3.8) is 0 Å². The number of nitrogens with one attached hydrogen (secondary N) is 1. The Morgan fingerprint density at radius 1 is 1.16 bits per heavy atom. The summed E-state index contributed by atoms with van der Waals surface area (Å²) in [4.78, 5) is 16.0. The largest absolute Gasteiger partial charge is 0.445 e. The second-order valence-corrected chi connectivity index (χ2v) is 5.62. The monoisotopic (exact) mass is 337 g/mol. The van der Waals surface area contributed by atoms with Gasteiger partial charge >= 0.3 is 6.09 Å². The van der Waals surface area contributed by atoms with Crippen molar-refractivity contribution in [3.05, 3.63) is 71.6 Å². The van der Waals surface area contributed by atoms with Gasteiger partial charge in [0.25, 0.3) is 0 Å². The molecule has 1 amide bonds. The van der Waals surface area contributed by atoms with E-state index in [0.29, 0.717) is 24.7 Å². The van der Waals surface area contributed by atoms with Crippen LogP contribution in [0.2, 0.25) is 0 Å². The van der Waals surface area contributed by atoms with Crippen molar-refractivity contribution in [3.8, 4) is 11.4 Å². The highest BCUT2D eigenvalue weighted by molar-refractivity contribution is 5.67. The molecule has 0 unspecified atom stereocenters. The molecule has 2 aromatic carbocycles. The first-order valence-corrected chi connectivity index (χ1v) is 8.05. The highest BCUT2D eigenvalue weighted by atomic mass is 16.5. The van der Waals surface area contributed by atoms with Crippen molar-refractivity contribution in [1.29, 1.82) is 0 Å². The number of aromatic nitrogens is 2. The minimum Gasteiger partial charge on any atom is -0.445 e. The molecule has 0 radical (unpaired) electrons. The molecule has 0 bridgehead atoms. The van der Waals surface area contributed by atoms with Gasteiger partial charge in [-0.1, -0.05) is 59.3 Å². The lowest BCUT2D eigenvalue weighted by Crippen LogP contribution is -2.26. The van der Waals surface area contributed by atoms with Gasteiger partial charge in [-0.25, -0.2) is 4.79 Å². The van der Waals surface area contributed by atoms with Crippen LogP contribution < -0.4 is 5.32 Å². The molecule has 0 aliphatic carbocycles. The summed E-state index contributed by atoms with van der Waals surface area (Å²) in [5, 5.41) is 6.64. The molecule has 6 heteroatoms. The van der Waals surface area contributed by atoms with E-state index in [1.165, 1.54) is 0 Å². The van der Waals surface area contributed by atoms with Crippen LogP contribution in [0.15, 0.2) is 59.1 Å². The van der Waals surface area contributed by atoms with Gasteiger partial charge in [-0.3, -0.25) is 0 Å². The number of benzene rings is 2. The molecule has 0 aliphatic rings. The molecule has 128 valence electrons. The lowest BCUT2D eigenvalue weighted by atomic mass is 10.1. The third-order valence-corrected chi connectivity index (χ3v) is 3.57. The molecule has 25 heavy (non-hydrogen) atoms. The summed E-state index contributed by atoms with van der Waals surface area (Å²) in [6.07, 6.45) is -0.0264. The van der Waals surface area contributed by atoms with Gasteiger partial charge in [0.1, 0.15) is 6.61 Å². The number of nitrogens with zero attached hydrogens (tertiary/aromatic N) is 2. The van der Waals surface area contributed by atoms with Crippen molar-refractivity contribution in [2.24, 2.45) is 0 Å². The predicted molar refractivity (Wildman–Crippen MR) is 92.8 cm³/mol. The average Bonchev–Trinajstić information content (AvgIpc) is 3.10. The quantitative estimate of drug-likeness (QED) is 0.745. The average molecular weight is 337 g/mol. The topological polar surface area (TPSA) is 77.2 Å². The Morgan fingerprint density at radius 3 is 2.80 bits per heavy atom. The number of hydrogen-bond acceptors (Lipinski definition) is 5. The summed E-state index contributed by atoms with van der Waals surface area (Å²) in [6.45, 7) is 2.61. The fourth-order valence-corrected chi connectivity index (χ4v) is 2.30. The fraction of sp³-hybridized carbons (Fsp3) is 0.211. The zero-order valence-corrected chi connectivity index (χ0v) is 13.9. The van der Waals surface area contributed by atoms with Gasteiger partial charge in [0.05, 0.1) is 0 Å². The van der Waals surface area contributed by atoms with Crippen LogP contribution in [0.3, 0.4) is 0 Å². The highest BCUT2D eigenvalue weighted by Crippen LogP contribution is 2.16. The van der Waals surface area contributed by atoms with Crippen LogP contribution >= 0.6 is 0 Å². The van der Waals surface area contributed by atoms with Crippen LogP contribution in [0.4, 0.5) is 4.79 Å². The number of aryl methyl sites for hydroxylation is 1. The summed E-state index contributed by atoms with van der Waals surface area (Å²) in [7, 11) is 0. The predicted octanol–water partition coefficient (Wildman–Crippen LogP) is 3.51. The second kappa shape index (κ2) is 8.10. The number of amides is 1. The van der Waals surface area contributed by atoms with Gasteiger partial charge in [-0.15, -0.1) is 0 Å². The lowest BCUT2D eigenvalue weighted by Gasteiger charge is -2.05. The minimum atomic E-state index is -0.470. The fourth-order valence-electron chi connectivity index (χ4n) is 2.30. The standard InChI is InChI=1S/C19H19N3O3/c1-14-6-5-9-16(12-14)18-21-17(25-22-18)10-11-20-19(23)24-13-15-7-3-2-4-8-15/h2-9,12H,10-11,13H2,1H3,(H,20,23). The van der Waals surface area contributed by atoms with Crippen LogP contribution in [0.25, 0.3) is 11.4 Å². The number of rotatable bonds is 6. The Morgan fingerprint density at radius 2 is 2.00 bits per heavy atom. The maximum atomic E-state index is 11.7. The summed E-state index contributed by atoms with van der Waals surface area (Å²) in [5.74, 6) is 1.02. The Balaban J connectivity index is 1.44. The number of carbonyl (C=O) groups is 1. The normalized spacial score (nSPS) is 10.4. The van der Waals surface area contributed by atoms with Gasteiger partial charge < -0.3 is 14.6 Å². The van der Waals surface area contributed by atoms with Crippen molar-refractivity contribution in [1.82, 2.24) is 15.5 Å². The van der Waals surface area contributed by atoms with E-state index in [2.05, 4.69) is 15.5 Å². The lowest BCUT2D eigenvalue weighted by molar-refractivity contribution is 0.139. The minimum absolute atomic E-state index is 0.241. The van der Waals surface area contributed by atoms with Crippen LogP contribution in [0.1, 0.15) is 17.0 Å². The number of ether oxygens (including phenoxy) is 1. The Labute approximate surface area is 145 Å². The summed E-state index contributed by atoms with van der Waals surface area (Å²) in [6, 6.07) is 17.4. The molecule has 0 saturated heterocycles. The molecule has 3 aromatic rings. The third kappa shape index (κ3) is 4.91. The van der Waals surface area contributed by atoms with Gasteiger partial charge in [0.2, 0.25) is 11.7 Å². The molecule has 0 spiro atoms. The summed E-state index contributed by atoms with van der Waals surface area (Å²) in [5.41, 5.74) is 2.98. The van der Waals surface area contributed by atoms with Crippen molar-refractivity contribution < 1.29 is 14.1 Å². The Bertz CT molecular complexity index is 831. The second-order valence-electron chi connectivity index (χ2n) is 5.62. The highest BCUT2D eigenvalue weighted by Gasteiger charge is 2.09. The van der Waals surface area contributed by atoms with Crippen molar-refractivity contribution in [2.75, 3.05) is 6.54 Å². The van der Waals surface area contributed by atoms with Crippen LogP contribution in [0, 0.1) is 6.92 Å². The van der Waals surface area contributed by atoms with E-state index in [9.17, 15) is 4.79 Å². The Hall–Kier alpha value is -3.15. The molecule has 1 heterocycles. The smallest absolute Gasteiger partial charge is 0.407 e. The van der Waals surface area contributed by atoms with E-state index in [1.807, 2.05) is 61.5 Å². The van der Waals surface area contributed by atoms with E-state index >= 15 is 0 Å². The van der Waals surface area contributed by atoms with E-state index in [1.54, 1.807) is 0 Å². The molecular formula is C19H19N3O3. The van der Waals surface area contributed by atoms with E-state index in [4.69, 9.17) is 9.26 Å². The summed E-state index contributed by atoms with van der Waals surface area (Å²) >= 11 is 0. The zero-order chi connectivity index (χ0) is 17.5. The van der Waals surface area contributed by atoms with Gasteiger partial charge in [0, 0.05) is 18.5 Å². The number of carbonyl (C=O) groups excluding carboxylic acids is 1. The first-order chi connectivity index (χ1) is 12.2. The first-order valence-electron chi connectivity index (χ1n) is 8.05. The molecule has 0 atom stereocenters. The molecule has 6 nitrogen and oxygen atoms in total. The molecule has 3 rings (SSSR count). The van der Waals surface area contributed by atoms with Crippen LogP contribution in [-0.4, -0.2) is 22.8 Å². The molecule has 0 fully saturated rings. The zero-order valence-electron chi connectivity index (χ0n) is 13.9. The third-order valence-electron chi connectivity index (χ3n) is 3.57. The molecular weight excluding hydrogens is 318 g/mol. The Kier molecular flexibility index (Phi) is 5.41. The molecule has 0 saturated carbocycles. The van der Waals surface area contributed by atoms with Crippen molar-refractivity contribution >= 4 is 6.09 Å². The number of hydrogen-bond donors (Lipinski definition) is 1. The molecule has 1 aromatic heterocycles. The van der Waals surface area contributed by atoms with Crippen LogP contribution in [-0.2, 0) is 17.8 Å². The van der Waals surface area contributed by atoms with E-state index in [-0.39, 0.29) is 6.61 Å². The van der Waals surface area contributed by atoms with E-state index in [0.717, 1.165) is 16.7 Å². The molecule has 0 aliphatic heterocycles. The van der Waals surface area contributed by atoms with Gasteiger partial charge in [-0.05, 0) is 18.6 Å². The van der Waals surface area contributed by atoms with Crippen LogP contribution in [0.5, 0.6) is 0 Å². The molecule has 1 N–H and O–H groups in total.